The van der Waals surface area contributed by atoms with Crippen molar-refractivity contribution in [2.75, 3.05) is 17.2 Å². The van der Waals surface area contributed by atoms with E-state index in [-0.39, 0.29) is 17.1 Å². The van der Waals surface area contributed by atoms with Gasteiger partial charge in [-0.05, 0) is 62.4 Å². The third-order valence-corrected chi connectivity index (χ3v) is 5.52. The second-order valence-corrected chi connectivity index (χ2v) is 8.14. The quantitative estimate of drug-likeness (QED) is 0.516. The lowest BCUT2D eigenvalue weighted by atomic mass is 10.2. The summed E-state index contributed by atoms with van der Waals surface area (Å²) in [5.41, 5.74) is 2.29. The van der Waals surface area contributed by atoms with Gasteiger partial charge in [-0.25, -0.2) is 0 Å². The molecule has 0 radical (unpaired) electrons. The zero-order valence-corrected chi connectivity index (χ0v) is 18.7. The molecule has 162 valence electrons. The molecule has 1 aromatic heterocycles. The Morgan fingerprint density at radius 3 is 2.26 bits per heavy atom. The van der Waals surface area contributed by atoms with Crippen LogP contribution in [0.2, 0.25) is 0 Å². The molecule has 31 heavy (non-hydrogen) atoms. The monoisotopic (exact) mass is 439 g/mol. The van der Waals surface area contributed by atoms with Crippen LogP contribution in [0.5, 0.6) is 5.75 Å². The summed E-state index contributed by atoms with van der Waals surface area (Å²) in [6.07, 6.45) is 0. The number of hydrogen-bond acceptors (Lipinski definition) is 6. The van der Waals surface area contributed by atoms with Crippen LogP contribution >= 0.6 is 11.8 Å². The summed E-state index contributed by atoms with van der Waals surface area (Å²) in [6.45, 7) is 5.81. The standard InChI is InChI=1S/C22H25N5O3S/c1-5-30-19-12-10-18(11-13-19)24-21(29)14(2)31-22-26-25-20(27(22)4)16-6-8-17(9-7-16)23-15(3)28/h6-14H,5H2,1-4H3,(H,23,28)(H,24,29)/t14-/m1/s1. The number of nitrogens with one attached hydrogen (secondary N) is 2. The molecule has 1 heterocycles. The van der Waals surface area contributed by atoms with Gasteiger partial charge in [-0.3, -0.25) is 9.59 Å². The third kappa shape index (κ3) is 5.85. The molecular weight excluding hydrogens is 414 g/mol. The molecule has 3 rings (SSSR count). The van der Waals surface area contributed by atoms with Crippen LogP contribution in [0.1, 0.15) is 20.8 Å². The van der Waals surface area contributed by atoms with Crippen molar-refractivity contribution >= 4 is 35.0 Å². The minimum absolute atomic E-state index is 0.123. The lowest BCUT2D eigenvalue weighted by Crippen LogP contribution is -2.22. The first kappa shape index (κ1) is 22.4. The van der Waals surface area contributed by atoms with E-state index in [1.54, 1.807) is 0 Å². The summed E-state index contributed by atoms with van der Waals surface area (Å²) >= 11 is 1.33. The van der Waals surface area contributed by atoms with Crippen LogP contribution in [0.25, 0.3) is 11.4 Å². The van der Waals surface area contributed by atoms with Crippen molar-refractivity contribution in [1.82, 2.24) is 14.8 Å². The number of amides is 2. The fourth-order valence-electron chi connectivity index (χ4n) is 2.83. The molecule has 2 aromatic carbocycles. The van der Waals surface area contributed by atoms with Crippen molar-refractivity contribution in [2.24, 2.45) is 7.05 Å². The maximum Gasteiger partial charge on any atom is 0.237 e. The Bertz CT molecular complexity index is 1050. The Morgan fingerprint density at radius 1 is 1.03 bits per heavy atom. The van der Waals surface area contributed by atoms with Gasteiger partial charge in [0.25, 0.3) is 0 Å². The second-order valence-electron chi connectivity index (χ2n) is 6.83. The van der Waals surface area contributed by atoms with E-state index in [0.717, 1.165) is 11.3 Å². The van der Waals surface area contributed by atoms with E-state index in [4.69, 9.17) is 4.74 Å². The minimum Gasteiger partial charge on any atom is -0.494 e. The molecule has 3 aromatic rings. The van der Waals surface area contributed by atoms with E-state index in [1.807, 2.05) is 74.0 Å². The zero-order chi connectivity index (χ0) is 22.4. The van der Waals surface area contributed by atoms with Crippen LogP contribution in [-0.4, -0.2) is 38.4 Å². The van der Waals surface area contributed by atoms with Gasteiger partial charge in [0, 0.05) is 30.9 Å². The van der Waals surface area contributed by atoms with Gasteiger partial charge in [-0.1, -0.05) is 11.8 Å². The largest absolute Gasteiger partial charge is 0.494 e. The maximum absolute atomic E-state index is 12.6. The molecule has 0 saturated carbocycles. The topological polar surface area (TPSA) is 98.1 Å². The van der Waals surface area contributed by atoms with Crippen LogP contribution in [0, 0.1) is 0 Å². The minimum atomic E-state index is -0.371. The zero-order valence-electron chi connectivity index (χ0n) is 17.9. The Kier molecular flexibility index (Phi) is 7.30. The molecule has 9 heteroatoms. The number of carbonyl (C=O) groups excluding carboxylic acids is 2. The first-order chi connectivity index (χ1) is 14.9. The first-order valence-electron chi connectivity index (χ1n) is 9.85. The number of rotatable bonds is 8. The molecule has 8 nitrogen and oxygen atoms in total. The highest BCUT2D eigenvalue weighted by Crippen LogP contribution is 2.27. The Morgan fingerprint density at radius 2 is 1.65 bits per heavy atom. The first-order valence-corrected chi connectivity index (χ1v) is 10.7. The summed E-state index contributed by atoms with van der Waals surface area (Å²) in [7, 11) is 1.86. The van der Waals surface area contributed by atoms with Crippen molar-refractivity contribution in [1.29, 1.82) is 0 Å². The summed E-state index contributed by atoms with van der Waals surface area (Å²) in [5, 5.41) is 14.4. The third-order valence-electron chi connectivity index (χ3n) is 4.38. The predicted octanol–water partition coefficient (Wildman–Crippen LogP) is 3.96. The van der Waals surface area contributed by atoms with E-state index in [2.05, 4.69) is 20.8 Å². The number of aromatic nitrogens is 3. The highest BCUT2D eigenvalue weighted by molar-refractivity contribution is 8.00. The molecule has 0 aliphatic rings. The Labute approximate surface area is 185 Å². The summed E-state index contributed by atoms with van der Waals surface area (Å²) in [4.78, 5) is 23.7. The Hall–Kier alpha value is -3.33. The van der Waals surface area contributed by atoms with Crippen molar-refractivity contribution < 1.29 is 14.3 Å². The fourth-order valence-corrected chi connectivity index (χ4v) is 3.65. The number of anilines is 2. The van der Waals surface area contributed by atoms with Crippen LogP contribution in [-0.2, 0) is 16.6 Å². The van der Waals surface area contributed by atoms with Crippen molar-refractivity contribution in [3.63, 3.8) is 0 Å². The fraction of sp³-hybridized carbons (Fsp3) is 0.273. The molecule has 1 atom stereocenters. The van der Waals surface area contributed by atoms with Gasteiger partial charge >= 0.3 is 0 Å². The average Bonchev–Trinajstić information content (AvgIpc) is 3.10. The molecule has 2 amide bonds. The predicted molar refractivity (Wildman–Crippen MR) is 122 cm³/mol. The van der Waals surface area contributed by atoms with Crippen LogP contribution in [0.3, 0.4) is 0 Å². The number of nitrogens with zero attached hydrogens (tertiary/aromatic N) is 3. The lowest BCUT2D eigenvalue weighted by Gasteiger charge is -2.12. The second kappa shape index (κ2) is 10.1. The van der Waals surface area contributed by atoms with Crippen LogP contribution in [0.4, 0.5) is 11.4 Å². The molecule has 0 aliphatic carbocycles. The van der Waals surface area contributed by atoms with Crippen LogP contribution in [0.15, 0.2) is 53.7 Å². The average molecular weight is 440 g/mol. The highest BCUT2D eigenvalue weighted by atomic mass is 32.2. The van der Waals surface area contributed by atoms with Gasteiger partial charge in [-0.15, -0.1) is 10.2 Å². The number of carbonyl (C=O) groups is 2. The van der Waals surface area contributed by atoms with Gasteiger partial charge in [-0.2, -0.15) is 0 Å². The summed E-state index contributed by atoms with van der Waals surface area (Å²) in [5.74, 6) is 1.19. The molecular formula is C22H25N5O3S. The van der Waals surface area contributed by atoms with E-state index in [0.29, 0.717) is 29.0 Å². The smallest absolute Gasteiger partial charge is 0.237 e. The van der Waals surface area contributed by atoms with E-state index in [9.17, 15) is 9.59 Å². The van der Waals surface area contributed by atoms with Gasteiger partial charge < -0.3 is 19.9 Å². The number of ether oxygens (including phenoxy) is 1. The molecule has 0 aliphatic heterocycles. The SMILES string of the molecule is CCOc1ccc(NC(=O)[C@@H](C)Sc2nnc(-c3ccc(NC(C)=O)cc3)n2C)cc1. The molecule has 0 spiro atoms. The molecule has 0 saturated heterocycles. The van der Waals surface area contributed by atoms with E-state index in [1.165, 1.54) is 18.7 Å². The normalized spacial score (nSPS) is 11.6. The lowest BCUT2D eigenvalue weighted by molar-refractivity contribution is -0.115. The number of benzene rings is 2. The highest BCUT2D eigenvalue weighted by Gasteiger charge is 2.19. The van der Waals surface area contributed by atoms with Crippen molar-refractivity contribution in [3.8, 4) is 17.1 Å². The molecule has 0 unspecified atom stereocenters. The number of thioether (sulfide) groups is 1. The van der Waals surface area contributed by atoms with E-state index >= 15 is 0 Å². The van der Waals surface area contributed by atoms with Gasteiger partial charge in [0.1, 0.15) is 5.75 Å². The van der Waals surface area contributed by atoms with Gasteiger partial charge in [0.2, 0.25) is 11.8 Å². The van der Waals surface area contributed by atoms with E-state index < -0.39 is 0 Å². The summed E-state index contributed by atoms with van der Waals surface area (Å²) in [6, 6.07) is 14.6. The Balaban J connectivity index is 1.64. The van der Waals surface area contributed by atoms with Crippen molar-refractivity contribution in [2.45, 2.75) is 31.2 Å². The number of hydrogen-bond donors (Lipinski definition) is 2. The summed E-state index contributed by atoms with van der Waals surface area (Å²) < 4.78 is 7.26. The van der Waals surface area contributed by atoms with Gasteiger partial charge in [0.15, 0.2) is 11.0 Å². The maximum atomic E-state index is 12.6. The van der Waals surface area contributed by atoms with Crippen LogP contribution < -0.4 is 15.4 Å². The van der Waals surface area contributed by atoms with Crippen molar-refractivity contribution in [3.05, 3.63) is 48.5 Å². The molecule has 0 fully saturated rings. The van der Waals surface area contributed by atoms with Gasteiger partial charge in [0.05, 0.1) is 11.9 Å². The molecule has 0 bridgehead atoms. The molecule has 2 N–H and O–H groups in total.